The highest BCUT2D eigenvalue weighted by Crippen LogP contribution is 2.31. The van der Waals surface area contributed by atoms with Crippen LogP contribution in [0, 0.1) is 0 Å². The SMILES string of the molecule is O=C(O)c1ccc(Oc2ccc(-c3ccccc3)cc2)c(Cl)c1. The van der Waals surface area contributed by atoms with Crippen molar-refractivity contribution in [2.75, 3.05) is 0 Å². The monoisotopic (exact) mass is 324 g/mol. The van der Waals surface area contributed by atoms with Crippen molar-refractivity contribution < 1.29 is 14.6 Å². The van der Waals surface area contributed by atoms with Crippen LogP contribution in [0.25, 0.3) is 11.1 Å². The van der Waals surface area contributed by atoms with Gasteiger partial charge < -0.3 is 9.84 Å². The van der Waals surface area contributed by atoms with E-state index in [4.69, 9.17) is 21.4 Å². The number of hydrogen-bond donors (Lipinski definition) is 1. The molecular formula is C19H13ClO3. The molecule has 0 unspecified atom stereocenters. The minimum Gasteiger partial charge on any atom is -0.478 e. The van der Waals surface area contributed by atoms with Gasteiger partial charge in [-0.3, -0.25) is 0 Å². The van der Waals surface area contributed by atoms with Gasteiger partial charge in [-0.05, 0) is 41.5 Å². The first-order valence-electron chi connectivity index (χ1n) is 7.00. The molecule has 0 saturated heterocycles. The highest BCUT2D eigenvalue weighted by Gasteiger charge is 2.09. The third kappa shape index (κ3) is 3.52. The number of carboxylic acid groups (broad SMARTS) is 1. The van der Waals surface area contributed by atoms with Gasteiger partial charge in [0.2, 0.25) is 0 Å². The van der Waals surface area contributed by atoms with Crippen LogP contribution < -0.4 is 4.74 Å². The molecule has 3 aromatic rings. The van der Waals surface area contributed by atoms with Crippen molar-refractivity contribution in [1.82, 2.24) is 0 Å². The standard InChI is InChI=1S/C19H13ClO3/c20-17-12-15(19(21)22)8-11-18(17)23-16-9-6-14(7-10-16)13-4-2-1-3-5-13/h1-12H,(H,21,22). The Morgan fingerprint density at radius 3 is 2.13 bits per heavy atom. The van der Waals surface area contributed by atoms with Crippen LogP contribution in [0.5, 0.6) is 11.5 Å². The summed E-state index contributed by atoms with van der Waals surface area (Å²) in [6.07, 6.45) is 0. The largest absolute Gasteiger partial charge is 0.478 e. The van der Waals surface area contributed by atoms with E-state index < -0.39 is 5.97 Å². The first kappa shape index (κ1) is 15.1. The molecule has 0 bridgehead atoms. The molecule has 0 fully saturated rings. The maximum absolute atomic E-state index is 10.9. The van der Waals surface area contributed by atoms with Crippen molar-refractivity contribution in [1.29, 1.82) is 0 Å². The Hall–Kier alpha value is -2.78. The highest BCUT2D eigenvalue weighted by molar-refractivity contribution is 6.32. The zero-order chi connectivity index (χ0) is 16.2. The predicted molar refractivity (Wildman–Crippen MR) is 90.4 cm³/mol. The van der Waals surface area contributed by atoms with Crippen LogP contribution in [0.4, 0.5) is 0 Å². The zero-order valence-electron chi connectivity index (χ0n) is 12.1. The van der Waals surface area contributed by atoms with Crippen molar-refractivity contribution >= 4 is 17.6 Å². The molecule has 0 radical (unpaired) electrons. The fourth-order valence-corrected chi connectivity index (χ4v) is 2.41. The van der Waals surface area contributed by atoms with E-state index in [9.17, 15) is 4.79 Å². The van der Waals surface area contributed by atoms with Gasteiger partial charge in [0.05, 0.1) is 10.6 Å². The minimum atomic E-state index is -1.02. The summed E-state index contributed by atoms with van der Waals surface area (Å²) in [5.41, 5.74) is 2.34. The van der Waals surface area contributed by atoms with Crippen molar-refractivity contribution in [3.63, 3.8) is 0 Å². The lowest BCUT2D eigenvalue weighted by molar-refractivity contribution is 0.0697. The van der Waals surface area contributed by atoms with Crippen LogP contribution in [-0.4, -0.2) is 11.1 Å². The molecule has 3 nitrogen and oxygen atoms in total. The Bertz CT molecular complexity index is 827. The van der Waals surface area contributed by atoms with E-state index >= 15 is 0 Å². The van der Waals surface area contributed by atoms with Gasteiger partial charge in [0, 0.05) is 0 Å². The normalized spacial score (nSPS) is 10.3. The summed E-state index contributed by atoms with van der Waals surface area (Å²) in [4.78, 5) is 10.9. The number of ether oxygens (including phenoxy) is 1. The molecule has 4 heteroatoms. The third-order valence-electron chi connectivity index (χ3n) is 3.37. The average Bonchev–Trinajstić information content (AvgIpc) is 2.58. The fraction of sp³-hybridized carbons (Fsp3) is 0. The van der Waals surface area contributed by atoms with Crippen molar-refractivity contribution in [2.24, 2.45) is 0 Å². The van der Waals surface area contributed by atoms with E-state index in [0.29, 0.717) is 11.5 Å². The van der Waals surface area contributed by atoms with Gasteiger partial charge in [0.25, 0.3) is 0 Å². The number of aromatic carboxylic acids is 1. The molecule has 0 heterocycles. The minimum absolute atomic E-state index is 0.127. The van der Waals surface area contributed by atoms with Gasteiger partial charge in [-0.1, -0.05) is 54.1 Å². The van der Waals surface area contributed by atoms with Crippen LogP contribution in [-0.2, 0) is 0 Å². The van der Waals surface area contributed by atoms with E-state index in [2.05, 4.69) is 0 Å². The van der Waals surface area contributed by atoms with Crippen molar-refractivity contribution in [2.45, 2.75) is 0 Å². The third-order valence-corrected chi connectivity index (χ3v) is 3.66. The van der Waals surface area contributed by atoms with Crippen LogP contribution in [0.3, 0.4) is 0 Å². The first-order valence-corrected chi connectivity index (χ1v) is 7.37. The summed E-state index contributed by atoms with van der Waals surface area (Å²) in [6.45, 7) is 0. The number of rotatable bonds is 4. The second-order valence-electron chi connectivity index (χ2n) is 4.94. The van der Waals surface area contributed by atoms with Gasteiger partial charge in [-0.25, -0.2) is 4.79 Å². The van der Waals surface area contributed by atoms with Gasteiger partial charge in [0.15, 0.2) is 0 Å². The van der Waals surface area contributed by atoms with E-state index in [1.54, 1.807) is 6.07 Å². The predicted octanol–water partition coefficient (Wildman–Crippen LogP) is 5.50. The Labute approximate surface area is 138 Å². The Kier molecular flexibility index (Phi) is 4.31. The number of hydrogen-bond acceptors (Lipinski definition) is 2. The quantitative estimate of drug-likeness (QED) is 0.689. The summed E-state index contributed by atoms with van der Waals surface area (Å²) in [6, 6.07) is 22.0. The summed E-state index contributed by atoms with van der Waals surface area (Å²) in [5.74, 6) is 0.0319. The van der Waals surface area contributed by atoms with E-state index in [1.165, 1.54) is 12.1 Å². The van der Waals surface area contributed by atoms with Crippen LogP contribution in [0.2, 0.25) is 5.02 Å². The van der Waals surface area contributed by atoms with Crippen LogP contribution in [0.1, 0.15) is 10.4 Å². The first-order chi connectivity index (χ1) is 11.1. The molecule has 0 spiro atoms. The maximum atomic E-state index is 10.9. The topological polar surface area (TPSA) is 46.5 Å². The molecule has 0 aromatic heterocycles. The molecule has 1 N–H and O–H groups in total. The second kappa shape index (κ2) is 6.55. The Morgan fingerprint density at radius 1 is 0.870 bits per heavy atom. The molecule has 0 aliphatic rings. The Balaban J connectivity index is 1.80. The summed E-state index contributed by atoms with van der Waals surface area (Å²) < 4.78 is 5.71. The molecule has 0 aliphatic heterocycles. The van der Waals surface area contributed by atoms with Crippen LogP contribution in [0.15, 0.2) is 72.8 Å². The number of halogens is 1. The molecule has 0 atom stereocenters. The molecule has 0 amide bonds. The van der Waals surface area contributed by atoms with Gasteiger partial charge in [-0.15, -0.1) is 0 Å². The molecule has 0 saturated carbocycles. The number of benzene rings is 3. The molecular weight excluding hydrogens is 312 g/mol. The fourth-order valence-electron chi connectivity index (χ4n) is 2.19. The highest BCUT2D eigenvalue weighted by atomic mass is 35.5. The van der Waals surface area contributed by atoms with E-state index in [0.717, 1.165) is 11.1 Å². The number of carboxylic acids is 1. The zero-order valence-corrected chi connectivity index (χ0v) is 12.8. The van der Waals surface area contributed by atoms with E-state index in [1.807, 2.05) is 54.6 Å². The van der Waals surface area contributed by atoms with Crippen molar-refractivity contribution in [3.05, 3.63) is 83.4 Å². The molecule has 114 valence electrons. The second-order valence-corrected chi connectivity index (χ2v) is 5.35. The summed E-state index contributed by atoms with van der Waals surface area (Å²) in [7, 11) is 0. The average molecular weight is 325 g/mol. The molecule has 3 rings (SSSR count). The van der Waals surface area contributed by atoms with Gasteiger partial charge >= 0.3 is 5.97 Å². The maximum Gasteiger partial charge on any atom is 0.335 e. The summed E-state index contributed by atoms with van der Waals surface area (Å²) >= 11 is 6.06. The van der Waals surface area contributed by atoms with Gasteiger partial charge in [0.1, 0.15) is 11.5 Å². The molecule has 3 aromatic carbocycles. The smallest absolute Gasteiger partial charge is 0.335 e. The number of carbonyl (C=O) groups is 1. The van der Waals surface area contributed by atoms with E-state index in [-0.39, 0.29) is 10.6 Å². The molecule has 0 aliphatic carbocycles. The lowest BCUT2D eigenvalue weighted by atomic mass is 10.1. The Morgan fingerprint density at radius 2 is 1.52 bits per heavy atom. The summed E-state index contributed by atoms with van der Waals surface area (Å²) in [5, 5.41) is 9.19. The lowest BCUT2D eigenvalue weighted by Gasteiger charge is -2.09. The van der Waals surface area contributed by atoms with Crippen molar-refractivity contribution in [3.8, 4) is 22.6 Å². The van der Waals surface area contributed by atoms with Crippen LogP contribution >= 0.6 is 11.6 Å². The van der Waals surface area contributed by atoms with Gasteiger partial charge in [-0.2, -0.15) is 0 Å². The lowest BCUT2D eigenvalue weighted by Crippen LogP contribution is -1.96. The molecule has 23 heavy (non-hydrogen) atoms.